The number of methoxy groups -OCH3 is 1. The maximum Gasteiger partial charge on any atom is 0.226 e. The fourth-order valence-electron chi connectivity index (χ4n) is 6.77. The Morgan fingerprint density at radius 1 is 1.09 bits per heavy atom. The van der Waals surface area contributed by atoms with E-state index in [0.717, 1.165) is 58.4 Å². The van der Waals surface area contributed by atoms with Crippen molar-refractivity contribution in [3.05, 3.63) is 0 Å². The lowest BCUT2D eigenvalue weighted by Crippen LogP contribution is -2.57. The topological polar surface area (TPSA) is 107 Å². The van der Waals surface area contributed by atoms with Crippen LogP contribution in [0.3, 0.4) is 0 Å². The second kappa shape index (κ2) is 11.4. The molecule has 198 valence electrons. The lowest BCUT2D eigenvalue weighted by Gasteiger charge is -2.45. The van der Waals surface area contributed by atoms with Crippen LogP contribution in [0.1, 0.15) is 32.6 Å². The second-order valence-electron chi connectivity index (χ2n) is 11.0. The number of carbonyl (C=O) groups excluding carboxylic acids is 2. The Bertz CT molecular complexity index is 760. The summed E-state index contributed by atoms with van der Waals surface area (Å²) < 4.78 is 5.80. The number of halogens is 1. The minimum absolute atomic E-state index is 0.0670. The Hall–Kier alpha value is -0.620. The van der Waals surface area contributed by atoms with Gasteiger partial charge in [0, 0.05) is 56.5 Å². The number of nitrogens with one attached hydrogen (secondary N) is 5. The Morgan fingerprint density at radius 3 is 2.63 bits per heavy atom. The maximum atomic E-state index is 13.5. The first kappa shape index (κ1) is 26.0. The van der Waals surface area contributed by atoms with E-state index in [1.54, 1.807) is 18.9 Å². The van der Waals surface area contributed by atoms with Gasteiger partial charge in [-0.3, -0.25) is 20.2 Å². The third-order valence-corrected chi connectivity index (χ3v) is 10.4. The molecule has 35 heavy (non-hydrogen) atoms. The van der Waals surface area contributed by atoms with Crippen LogP contribution >= 0.6 is 23.4 Å². The number of piperidine rings is 3. The summed E-state index contributed by atoms with van der Waals surface area (Å²) in [5.41, 5.74) is -0.192. The van der Waals surface area contributed by atoms with Crippen molar-refractivity contribution in [2.75, 3.05) is 46.4 Å². The number of nitrogens with zero attached hydrogens (tertiary/aromatic N) is 1. The SMILES string of the molecule is COC1CNC(Cl)CC1C1CC(C)NCC1C(=O)NC1NC2CN(C(=O)C3CCNCC3)CC2S1. The van der Waals surface area contributed by atoms with E-state index in [9.17, 15) is 9.59 Å². The maximum absolute atomic E-state index is 13.5. The molecular formula is C24H41ClN6O3S. The zero-order valence-electron chi connectivity index (χ0n) is 20.8. The van der Waals surface area contributed by atoms with Crippen LogP contribution < -0.4 is 26.6 Å². The molecule has 5 N–H and O–H groups in total. The zero-order chi connectivity index (χ0) is 24.5. The summed E-state index contributed by atoms with van der Waals surface area (Å²) in [6.45, 7) is 6.95. The van der Waals surface area contributed by atoms with Crippen LogP contribution in [0.15, 0.2) is 0 Å². The van der Waals surface area contributed by atoms with Crippen molar-refractivity contribution in [1.29, 1.82) is 0 Å². The molecule has 5 rings (SSSR count). The first-order chi connectivity index (χ1) is 16.9. The standard InChI is InChI=1S/C24H41ClN6O3S/c1-13-7-15(16-8-21(25)28-10-19(16)34-2)17(9-27-13)22(32)30-24-29-18-11-31(12-20(18)35-24)23(33)14-3-5-26-6-4-14/h13-21,24,26-29H,3-12H2,1-2H3,(H,30,32). The van der Waals surface area contributed by atoms with E-state index in [4.69, 9.17) is 16.3 Å². The minimum Gasteiger partial charge on any atom is -0.380 e. The molecule has 0 aromatic carbocycles. The smallest absolute Gasteiger partial charge is 0.226 e. The number of likely N-dealkylation sites (tertiary alicyclic amines) is 1. The molecule has 5 heterocycles. The van der Waals surface area contributed by atoms with Crippen LogP contribution in [0.25, 0.3) is 0 Å². The second-order valence-corrected chi connectivity index (χ2v) is 12.8. The number of amides is 2. The molecule has 0 aromatic heterocycles. The summed E-state index contributed by atoms with van der Waals surface area (Å²) >= 11 is 8.22. The van der Waals surface area contributed by atoms with Gasteiger partial charge in [-0.05, 0) is 57.5 Å². The van der Waals surface area contributed by atoms with E-state index in [2.05, 4.69) is 33.5 Å². The van der Waals surface area contributed by atoms with E-state index in [-0.39, 0.29) is 52.7 Å². The molecule has 11 heteroatoms. The highest BCUT2D eigenvalue weighted by Gasteiger charge is 2.47. The van der Waals surface area contributed by atoms with Gasteiger partial charge in [-0.1, -0.05) is 0 Å². The number of hydrogen-bond acceptors (Lipinski definition) is 8. The van der Waals surface area contributed by atoms with Crippen molar-refractivity contribution >= 4 is 35.2 Å². The first-order valence-electron chi connectivity index (χ1n) is 13.3. The summed E-state index contributed by atoms with van der Waals surface area (Å²) in [6.07, 6.45) is 3.69. The number of alkyl halides is 1. The van der Waals surface area contributed by atoms with E-state index < -0.39 is 0 Å². The van der Waals surface area contributed by atoms with Gasteiger partial charge in [-0.25, -0.2) is 0 Å². The molecule has 0 aliphatic carbocycles. The van der Waals surface area contributed by atoms with E-state index in [1.165, 1.54) is 0 Å². The highest BCUT2D eigenvalue weighted by atomic mass is 35.5. The Morgan fingerprint density at radius 2 is 1.89 bits per heavy atom. The molecule has 5 aliphatic heterocycles. The van der Waals surface area contributed by atoms with Gasteiger partial charge < -0.3 is 25.6 Å². The summed E-state index contributed by atoms with van der Waals surface area (Å²) in [5, 5.41) is 17.3. The molecule has 0 saturated carbocycles. The van der Waals surface area contributed by atoms with Crippen LogP contribution in [-0.4, -0.2) is 97.5 Å². The number of hydrogen-bond donors (Lipinski definition) is 5. The molecule has 2 amide bonds. The van der Waals surface area contributed by atoms with E-state index in [0.29, 0.717) is 23.7 Å². The van der Waals surface area contributed by atoms with Crippen LogP contribution in [0, 0.1) is 23.7 Å². The number of carbonyl (C=O) groups is 2. The highest BCUT2D eigenvalue weighted by molar-refractivity contribution is 8.00. The van der Waals surface area contributed by atoms with Gasteiger partial charge in [0.25, 0.3) is 0 Å². The van der Waals surface area contributed by atoms with Crippen molar-refractivity contribution in [1.82, 2.24) is 31.5 Å². The summed E-state index contributed by atoms with van der Waals surface area (Å²) in [7, 11) is 1.75. The first-order valence-corrected chi connectivity index (χ1v) is 14.7. The molecule has 5 fully saturated rings. The fourth-order valence-corrected chi connectivity index (χ4v) is 8.48. The predicted molar refractivity (Wildman–Crippen MR) is 138 cm³/mol. The Balaban J connectivity index is 1.16. The summed E-state index contributed by atoms with van der Waals surface area (Å²) in [6, 6.07) is 0.600. The molecule has 0 spiro atoms. The van der Waals surface area contributed by atoms with Gasteiger partial charge in [-0.2, -0.15) is 0 Å². The average Bonchev–Trinajstić information content (AvgIpc) is 3.42. The van der Waals surface area contributed by atoms with E-state index >= 15 is 0 Å². The van der Waals surface area contributed by atoms with Gasteiger partial charge in [0.05, 0.1) is 17.5 Å². The summed E-state index contributed by atoms with van der Waals surface area (Å²) in [4.78, 5) is 28.5. The molecular weight excluding hydrogens is 488 g/mol. The third-order valence-electron chi connectivity index (χ3n) is 8.73. The largest absolute Gasteiger partial charge is 0.380 e. The number of rotatable bonds is 5. The molecule has 9 unspecified atom stereocenters. The monoisotopic (exact) mass is 528 g/mol. The van der Waals surface area contributed by atoms with Gasteiger partial charge in [0.2, 0.25) is 11.8 Å². The zero-order valence-corrected chi connectivity index (χ0v) is 22.4. The van der Waals surface area contributed by atoms with Crippen molar-refractivity contribution < 1.29 is 14.3 Å². The highest BCUT2D eigenvalue weighted by Crippen LogP contribution is 2.38. The van der Waals surface area contributed by atoms with E-state index in [1.807, 2.05) is 4.90 Å². The van der Waals surface area contributed by atoms with Crippen LogP contribution in [-0.2, 0) is 14.3 Å². The van der Waals surface area contributed by atoms with Crippen molar-refractivity contribution in [3.63, 3.8) is 0 Å². The Labute approximate surface area is 217 Å². The van der Waals surface area contributed by atoms with Gasteiger partial charge in [0.1, 0.15) is 5.50 Å². The van der Waals surface area contributed by atoms with Crippen LogP contribution in [0.4, 0.5) is 0 Å². The lowest BCUT2D eigenvalue weighted by atomic mass is 9.70. The molecule has 0 radical (unpaired) electrons. The minimum atomic E-state index is -0.114. The molecule has 0 aromatic rings. The van der Waals surface area contributed by atoms with Crippen molar-refractivity contribution in [2.45, 2.75) is 67.0 Å². The molecule has 5 aliphatic rings. The van der Waals surface area contributed by atoms with Crippen LogP contribution in [0.5, 0.6) is 0 Å². The quantitative estimate of drug-likeness (QED) is 0.253. The normalized spacial score (nSPS) is 42.6. The van der Waals surface area contributed by atoms with Crippen molar-refractivity contribution in [2.24, 2.45) is 23.7 Å². The lowest BCUT2D eigenvalue weighted by molar-refractivity contribution is -0.135. The fraction of sp³-hybridized carbons (Fsp3) is 0.917. The predicted octanol–water partition coefficient (Wildman–Crippen LogP) is 0.105. The van der Waals surface area contributed by atoms with Crippen molar-refractivity contribution in [3.8, 4) is 0 Å². The van der Waals surface area contributed by atoms with Crippen LogP contribution in [0.2, 0.25) is 0 Å². The molecule has 0 bridgehead atoms. The molecule has 5 saturated heterocycles. The Kier molecular flexibility index (Phi) is 8.48. The summed E-state index contributed by atoms with van der Waals surface area (Å²) in [5.74, 6) is 0.928. The third kappa shape index (κ3) is 5.78. The molecule has 9 nitrogen and oxygen atoms in total. The van der Waals surface area contributed by atoms with Gasteiger partial charge in [0.15, 0.2) is 0 Å². The van der Waals surface area contributed by atoms with Gasteiger partial charge >= 0.3 is 0 Å². The average molecular weight is 529 g/mol. The number of ether oxygens (including phenoxy) is 1. The molecule has 9 atom stereocenters. The van der Waals surface area contributed by atoms with Gasteiger partial charge in [-0.15, -0.1) is 23.4 Å². The number of fused-ring (bicyclic) bond motifs is 1. The number of thioether (sulfide) groups is 1.